The molecule has 2 rings (SSSR count). The van der Waals surface area contributed by atoms with Gasteiger partial charge in [0.25, 0.3) is 23.5 Å². The maximum Gasteiger partial charge on any atom is 0.470 e. The standard InChI is InChI=1S/C13H32O34P8/c14-48(15,16)38-2-5-1-13(4-40-50(20,21)22,11(47-55(35,36)37)7(5)43-51(23,24)25)42-12-10(46-54(32,33)34)9(45-53(29,30)31)8(44-52(26,27)28)6(41-12)3-39-49(17,18)19/h5-12H,1-4H2,(H2,14,15,16)(H2,17,18,19)(H2,20,21,22)(H2,23,24,25)(H2,26,27,28)(H2,29,30,31)(H2,32,33,34)(H2,35,36,37)/p-3/t5?,6?,7?,8-,9+,10?,11?,12+,13?/m1/s1. The predicted molar refractivity (Wildman–Crippen MR) is 153 cm³/mol. The third-order valence-electron chi connectivity index (χ3n) is 6.44. The second-order valence-corrected chi connectivity index (χ2v) is 20.3. The van der Waals surface area contributed by atoms with E-state index in [2.05, 4.69) is 36.2 Å². The van der Waals surface area contributed by atoms with E-state index in [1.165, 1.54) is 0 Å². The molecule has 0 aromatic heterocycles. The van der Waals surface area contributed by atoms with Crippen LogP contribution < -0.4 is 14.7 Å². The lowest BCUT2D eigenvalue weighted by molar-refractivity contribution is -0.333. The fourth-order valence-corrected chi connectivity index (χ4v) is 8.96. The van der Waals surface area contributed by atoms with Crippen molar-refractivity contribution in [1.29, 1.82) is 0 Å². The largest absolute Gasteiger partial charge is 0.756 e. The van der Waals surface area contributed by atoms with Gasteiger partial charge in [-0.1, -0.05) is 0 Å². The summed E-state index contributed by atoms with van der Waals surface area (Å²) in [6.45, 7) is -5.41. The highest BCUT2D eigenvalue weighted by atomic mass is 31.2. The Balaban J connectivity index is 3.02. The van der Waals surface area contributed by atoms with Crippen molar-refractivity contribution < 1.29 is 160 Å². The first-order valence-electron chi connectivity index (χ1n) is 13.2. The summed E-state index contributed by atoms with van der Waals surface area (Å²) in [5, 5.41) is 0. The zero-order valence-corrected chi connectivity index (χ0v) is 33.1. The molecule has 2 aliphatic rings. The Labute approximate surface area is 303 Å². The molecule has 55 heavy (non-hydrogen) atoms. The Morgan fingerprint density at radius 3 is 1.38 bits per heavy atom. The van der Waals surface area contributed by atoms with Crippen LogP contribution in [0.4, 0.5) is 0 Å². The molecule has 328 valence electrons. The van der Waals surface area contributed by atoms with E-state index in [1.54, 1.807) is 0 Å². The molecule has 2 fully saturated rings. The SMILES string of the molecule is O=P([O-])(O)OCC1O[C@@H](OC2(COP(=O)([O-])O)CC(COP(=O)(O)O)C(OP(=O)([O-])O)C2OP(=O)(O)O)C(OP(=O)(O)O)[C@@H](OP(=O)(O)O)[C@@H]1OP(=O)(O)O. The van der Waals surface area contributed by atoms with E-state index in [4.69, 9.17) is 14.4 Å². The van der Waals surface area contributed by atoms with Crippen LogP contribution >= 0.6 is 62.6 Å². The molecule has 1 saturated heterocycles. The van der Waals surface area contributed by atoms with E-state index in [0.29, 0.717) is 0 Å². The van der Waals surface area contributed by atoms with Gasteiger partial charge < -0.3 is 101 Å². The number of ether oxygens (including phenoxy) is 2. The first kappa shape index (κ1) is 51.9. The molecule has 0 amide bonds. The molecule has 0 aromatic carbocycles. The summed E-state index contributed by atoms with van der Waals surface area (Å²) in [5.41, 5.74) is -3.48. The molecular formula is C13H29O34P8-3. The van der Waals surface area contributed by atoms with Gasteiger partial charge in [0, 0.05) is 5.92 Å². The van der Waals surface area contributed by atoms with E-state index in [-0.39, 0.29) is 0 Å². The minimum absolute atomic E-state index is 1.51. The summed E-state index contributed by atoms with van der Waals surface area (Å²) < 4.78 is 139. The van der Waals surface area contributed by atoms with Crippen LogP contribution in [-0.4, -0.2) is 132 Å². The molecule has 34 nitrogen and oxygen atoms in total. The Morgan fingerprint density at radius 1 is 0.509 bits per heavy atom. The van der Waals surface area contributed by atoms with Crippen LogP contribution in [0.3, 0.4) is 0 Å². The Bertz CT molecular complexity index is 1700. The maximum atomic E-state index is 12.1. The van der Waals surface area contributed by atoms with Crippen LogP contribution in [0.25, 0.3) is 0 Å². The number of phosphoric ester groups is 8. The Kier molecular flexibility index (Phi) is 17.4. The van der Waals surface area contributed by atoms with Crippen molar-refractivity contribution in [1.82, 2.24) is 0 Å². The first-order valence-corrected chi connectivity index (χ1v) is 25.4. The summed E-state index contributed by atoms with van der Waals surface area (Å²) in [6, 6.07) is 0. The van der Waals surface area contributed by atoms with E-state index >= 15 is 0 Å². The van der Waals surface area contributed by atoms with Crippen molar-refractivity contribution in [3.8, 4) is 0 Å². The van der Waals surface area contributed by atoms with Crippen LogP contribution in [0.5, 0.6) is 0 Å². The molecule has 42 heteroatoms. The van der Waals surface area contributed by atoms with Gasteiger partial charge in [0.1, 0.15) is 42.2 Å². The summed E-state index contributed by atoms with van der Waals surface area (Å²) in [4.78, 5) is 158. The van der Waals surface area contributed by atoms with E-state index < -0.39 is 143 Å². The quantitative estimate of drug-likeness (QED) is 0.0477. The van der Waals surface area contributed by atoms with Crippen molar-refractivity contribution in [3.05, 3.63) is 0 Å². The van der Waals surface area contributed by atoms with E-state index in [0.717, 1.165) is 0 Å². The topological polar surface area (TPSA) is 561 Å². The third-order valence-corrected chi connectivity index (χ3v) is 10.4. The van der Waals surface area contributed by atoms with Gasteiger partial charge in [0.15, 0.2) is 6.29 Å². The van der Waals surface area contributed by atoms with Crippen molar-refractivity contribution in [2.45, 2.75) is 54.9 Å². The van der Waals surface area contributed by atoms with Gasteiger partial charge in [-0.15, -0.1) is 0 Å². The fourth-order valence-electron chi connectivity index (χ4n) is 4.99. The van der Waals surface area contributed by atoms with Crippen LogP contribution in [0, 0.1) is 5.92 Å². The smallest absolute Gasteiger partial charge is 0.470 e. The highest BCUT2D eigenvalue weighted by Gasteiger charge is 2.64. The summed E-state index contributed by atoms with van der Waals surface area (Å²) in [6.07, 6.45) is -22.7. The van der Waals surface area contributed by atoms with Gasteiger partial charge >= 0.3 is 39.1 Å². The molecule has 0 radical (unpaired) electrons. The van der Waals surface area contributed by atoms with Gasteiger partial charge in [-0.2, -0.15) is 0 Å². The molecule has 0 spiro atoms. The number of hydrogen-bond acceptors (Lipinski definition) is 21. The van der Waals surface area contributed by atoms with Gasteiger partial charge in [0.05, 0.1) is 19.8 Å². The molecule has 1 heterocycles. The van der Waals surface area contributed by atoms with Crippen LogP contribution in [0.15, 0.2) is 0 Å². The zero-order valence-electron chi connectivity index (χ0n) is 25.9. The summed E-state index contributed by atoms with van der Waals surface area (Å²) in [7, 11) is -48.7. The highest BCUT2D eigenvalue weighted by Crippen LogP contribution is 2.57. The molecule has 0 bridgehead atoms. The van der Waals surface area contributed by atoms with Crippen molar-refractivity contribution >= 4 is 62.6 Å². The molecule has 1 saturated carbocycles. The van der Waals surface area contributed by atoms with Crippen molar-refractivity contribution in [3.63, 3.8) is 0 Å². The molecule has 1 aliphatic heterocycles. The first-order chi connectivity index (χ1) is 24.2. The molecule has 13 N–H and O–H groups in total. The molecule has 12 atom stereocenters. The predicted octanol–water partition coefficient (Wildman–Crippen LogP) is -5.69. The second-order valence-electron chi connectivity index (χ2n) is 10.7. The lowest BCUT2D eigenvalue weighted by Gasteiger charge is -2.48. The van der Waals surface area contributed by atoms with Gasteiger partial charge in [-0.25, -0.2) is 22.8 Å². The van der Waals surface area contributed by atoms with E-state index in [1.807, 2.05) is 0 Å². The lowest BCUT2D eigenvalue weighted by Crippen LogP contribution is -2.64. The molecule has 9 unspecified atom stereocenters. The minimum atomic E-state index is -6.25. The lowest BCUT2D eigenvalue weighted by atomic mass is 9.96. The normalized spacial score (nSPS) is 33.5. The average Bonchev–Trinajstić information content (AvgIpc) is 3.15. The third kappa shape index (κ3) is 19.4. The zero-order chi connectivity index (χ0) is 43.0. The maximum absolute atomic E-state index is 12.1. The van der Waals surface area contributed by atoms with Gasteiger partial charge in [0.2, 0.25) is 0 Å². The molecule has 1 aliphatic carbocycles. The summed E-state index contributed by atoms with van der Waals surface area (Å²) >= 11 is 0. The van der Waals surface area contributed by atoms with Crippen molar-refractivity contribution in [2.24, 2.45) is 5.92 Å². The molecule has 0 aromatic rings. The summed E-state index contributed by atoms with van der Waals surface area (Å²) in [5.74, 6) is -2.23. The van der Waals surface area contributed by atoms with Crippen molar-refractivity contribution in [2.75, 3.05) is 19.8 Å². The van der Waals surface area contributed by atoms with Crippen LogP contribution in [0.2, 0.25) is 0 Å². The number of phosphoric acid groups is 8. The monoisotopic (exact) mass is 977 g/mol. The van der Waals surface area contributed by atoms with E-state index in [9.17, 15) is 110 Å². The number of rotatable bonds is 21. The second kappa shape index (κ2) is 18.4. The Hall–Kier alpha value is 0.800. The van der Waals surface area contributed by atoms with Crippen LogP contribution in [0.1, 0.15) is 6.42 Å². The average molecular weight is 977 g/mol. The highest BCUT2D eigenvalue weighted by molar-refractivity contribution is 7.47. The van der Waals surface area contributed by atoms with Crippen LogP contribution in [-0.2, 0) is 82.2 Å². The van der Waals surface area contributed by atoms with Gasteiger partial charge in [-0.3, -0.25) is 36.3 Å². The number of hydrogen-bond donors (Lipinski definition) is 13. The minimum Gasteiger partial charge on any atom is -0.756 e. The fraction of sp³-hybridized carbons (Fsp3) is 1.00. The van der Waals surface area contributed by atoms with Gasteiger partial charge in [-0.05, 0) is 6.42 Å². The molecular weight excluding hydrogens is 948 g/mol. The Morgan fingerprint density at radius 2 is 0.964 bits per heavy atom.